The second kappa shape index (κ2) is 5.41. The molecular formula is C14H21NO2. The third kappa shape index (κ3) is 3.13. The third-order valence-corrected chi connectivity index (χ3v) is 3.31. The van der Waals surface area contributed by atoms with Gasteiger partial charge in [-0.1, -0.05) is 0 Å². The van der Waals surface area contributed by atoms with E-state index >= 15 is 0 Å². The maximum absolute atomic E-state index is 5.28. The minimum Gasteiger partial charge on any atom is -0.497 e. The van der Waals surface area contributed by atoms with E-state index < -0.39 is 0 Å². The van der Waals surface area contributed by atoms with Crippen LogP contribution in [-0.4, -0.2) is 26.9 Å². The third-order valence-electron chi connectivity index (χ3n) is 3.31. The zero-order valence-electron chi connectivity index (χ0n) is 10.8. The van der Waals surface area contributed by atoms with Gasteiger partial charge in [0.15, 0.2) is 0 Å². The van der Waals surface area contributed by atoms with Crippen molar-refractivity contribution in [3.63, 3.8) is 0 Å². The number of nitrogens with one attached hydrogen (secondary N) is 1. The first-order chi connectivity index (χ1) is 8.24. The Balaban J connectivity index is 2.05. The summed E-state index contributed by atoms with van der Waals surface area (Å²) in [4.78, 5) is 0. The summed E-state index contributed by atoms with van der Waals surface area (Å²) in [5, 5.41) is 3.58. The molecule has 1 aliphatic carbocycles. The van der Waals surface area contributed by atoms with Gasteiger partial charge in [-0.25, -0.2) is 0 Å². The standard InChI is InChI=1S/C14H21NO2/c1-10-8-12(17-3)6-7-13(10)15-14(9-16-2)11-4-5-11/h6-8,11,14-15H,4-5,9H2,1-3H3. The van der Waals surface area contributed by atoms with Crippen molar-refractivity contribution >= 4 is 5.69 Å². The molecule has 94 valence electrons. The van der Waals surface area contributed by atoms with E-state index in [2.05, 4.69) is 24.4 Å². The molecule has 1 aromatic rings. The minimum atomic E-state index is 0.437. The first-order valence-corrected chi connectivity index (χ1v) is 6.14. The van der Waals surface area contributed by atoms with Crippen LogP contribution < -0.4 is 10.1 Å². The second-order valence-electron chi connectivity index (χ2n) is 4.72. The molecule has 17 heavy (non-hydrogen) atoms. The highest BCUT2D eigenvalue weighted by molar-refractivity contribution is 5.54. The highest BCUT2D eigenvalue weighted by Crippen LogP contribution is 2.35. The summed E-state index contributed by atoms with van der Waals surface area (Å²) < 4.78 is 10.5. The zero-order valence-corrected chi connectivity index (χ0v) is 10.8. The maximum Gasteiger partial charge on any atom is 0.119 e. The van der Waals surface area contributed by atoms with E-state index in [1.165, 1.54) is 24.1 Å². The van der Waals surface area contributed by atoms with E-state index in [9.17, 15) is 0 Å². The Morgan fingerprint density at radius 2 is 2.12 bits per heavy atom. The number of aryl methyl sites for hydroxylation is 1. The molecule has 0 spiro atoms. The molecule has 0 bridgehead atoms. The molecule has 1 N–H and O–H groups in total. The van der Waals surface area contributed by atoms with Crippen molar-refractivity contribution in [2.75, 3.05) is 26.1 Å². The number of rotatable bonds is 6. The van der Waals surface area contributed by atoms with Gasteiger partial charge >= 0.3 is 0 Å². The van der Waals surface area contributed by atoms with Crippen LogP contribution in [0.4, 0.5) is 5.69 Å². The molecule has 2 rings (SSSR count). The van der Waals surface area contributed by atoms with Crippen LogP contribution in [0.1, 0.15) is 18.4 Å². The smallest absolute Gasteiger partial charge is 0.119 e. The van der Waals surface area contributed by atoms with Crippen LogP contribution in [0.25, 0.3) is 0 Å². The average molecular weight is 235 g/mol. The maximum atomic E-state index is 5.28. The molecule has 0 aromatic heterocycles. The predicted molar refractivity (Wildman–Crippen MR) is 69.7 cm³/mol. The van der Waals surface area contributed by atoms with Crippen LogP contribution in [0.5, 0.6) is 5.75 Å². The average Bonchev–Trinajstić information content (AvgIpc) is 3.14. The molecule has 0 aliphatic heterocycles. The lowest BCUT2D eigenvalue weighted by atomic mass is 10.1. The van der Waals surface area contributed by atoms with Crippen LogP contribution in [0, 0.1) is 12.8 Å². The summed E-state index contributed by atoms with van der Waals surface area (Å²) in [7, 11) is 3.46. The van der Waals surface area contributed by atoms with Gasteiger partial charge in [0.25, 0.3) is 0 Å². The number of methoxy groups -OCH3 is 2. The van der Waals surface area contributed by atoms with Gasteiger partial charge in [-0.3, -0.25) is 0 Å². The van der Waals surface area contributed by atoms with Crippen LogP contribution >= 0.6 is 0 Å². The highest BCUT2D eigenvalue weighted by Gasteiger charge is 2.31. The van der Waals surface area contributed by atoms with Crippen molar-refractivity contribution in [3.8, 4) is 5.75 Å². The molecule has 1 unspecified atom stereocenters. The zero-order chi connectivity index (χ0) is 12.3. The van der Waals surface area contributed by atoms with Gasteiger partial charge in [-0.15, -0.1) is 0 Å². The molecule has 1 saturated carbocycles. The van der Waals surface area contributed by atoms with Crippen LogP contribution in [-0.2, 0) is 4.74 Å². The van der Waals surface area contributed by atoms with Crippen molar-refractivity contribution in [2.45, 2.75) is 25.8 Å². The van der Waals surface area contributed by atoms with Crippen molar-refractivity contribution < 1.29 is 9.47 Å². The summed E-state index contributed by atoms with van der Waals surface area (Å²) in [5.41, 5.74) is 2.39. The topological polar surface area (TPSA) is 30.5 Å². The van der Waals surface area contributed by atoms with Crippen LogP contribution in [0.2, 0.25) is 0 Å². The summed E-state index contributed by atoms with van der Waals surface area (Å²) >= 11 is 0. The molecule has 3 nitrogen and oxygen atoms in total. The number of anilines is 1. The number of hydrogen-bond donors (Lipinski definition) is 1. The van der Waals surface area contributed by atoms with Gasteiger partial charge in [-0.2, -0.15) is 0 Å². The summed E-state index contributed by atoms with van der Waals surface area (Å²) in [6.07, 6.45) is 2.63. The molecule has 1 atom stereocenters. The molecule has 0 radical (unpaired) electrons. The Kier molecular flexibility index (Phi) is 3.89. The second-order valence-corrected chi connectivity index (χ2v) is 4.72. The van der Waals surface area contributed by atoms with Gasteiger partial charge in [0.1, 0.15) is 5.75 Å². The summed E-state index contributed by atoms with van der Waals surface area (Å²) in [6.45, 7) is 2.87. The van der Waals surface area contributed by atoms with E-state index in [0.29, 0.717) is 6.04 Å². The van der Waals surface area contributed by atoms with Gasteiger partial charge in [0, 0.05) is 12.8 Å². The lowest BCUT2D eigenvalue weighted by molar-refractivity contribution is 0.179. The fraction of sp³-hybridized carbons (Fsp3) is 0.571. The normalized spacial score (nSPS) is 16.6. The Morgan fingerprint density at radius 1 is 1.35 bits per heavy atom. The van der Waals surface area contributed by atoms with Crippen molar-refractivity contribution in [2.24, 2.45) is 5.92 Å². The number of ether oxygens (including phenoxy) is 2. The van der Waals surface area contributed by atoms with Crippen LogP contribution in [0.15, 0.2) is 18.2 Å². The Bertz CT molecular complexity index is 374. The quantitative estimate of drug-likeness (QED) is 0.822. The monoisotopic (exact) mass is 235 g/mol. The van der Waals surface area contributed by atoms with Gasteiger partial charge in [0.05, 0.1) is 19.8 Å². The van der Waals surface area contributed by atoms with E-state index in [4.69, 9.17) is 9.47 Å². The van der Waals surface area contributed by atoms with Crippen molar-refractivity contribution in [3.05, 3.63) is 23.8 Å². The molecule has 3 heteroatoms. The Morgan fingerprint density at radius 3 is 2.65 bits per heavy atom. The minimum absolute atomic E-state index is 0.437. The largest absolute Gasteiger partial charge is 0.497 e. The van der Waals surface area contributed by atoms with E-state index in [1.807, 2.05) is 6.07 Å². The van der Waals surface area contributed by atoms with Gasteiger partial charge in [-0.05, 0) is 49.4 Å². The molecule has 1 aromatic carbocycles. The number of hydrogen-bond acceptors (Lipinski definition) is 3. The first-order valence-electron chi connectivity index (χ1n) is 6.14. The fourth-order valence-corrected chi connectivity index (χ4v) is 2.10. The number of benzene rings is 1. The van der Waals surface area contributed by atoms with Crippen LogP contribution in [0.3, 0.4) is 0 Å². The predicted octanol–water partition coefficient (Wildman–Crippen LogP) is 2.84. The molecule has 0 amide bonds. The lowest BCUT2D eigenvalue weighted by Crippen LogP contribution is -2.27. The molecule has 1 fully saturated rings. The lowest BCUT2D eigenvalue weighted by Gasteiger charge is -2.20. The Hall–Kier alpha value is -1.22. The first kappa shape index (κ1) is 12.2. The van der Waals surface area contributed by atoms with Crippen molar-refractivity contribution in [1.82, 2.24) is 0 Å². The van der Waals surface area contributed by atoms with E-state index in [1.54, 1.807) is 14.2 Å². The Labute approximate surface area is 103 Å². The van der Waals surface area contributed by atoms with Gasteiger partial charge in [0.2, 0.25) is 0 Å². The van der Waals surface area contributed by atoms with Gasteiger partial charge < -0.3 is 14.8 Å². The van der Waals surface area contributed by atoms with E-state index in [0.717, 1.165) is 18.3 Å². The van der Waals surface area contributed by atoms with E-state index in [-0.39, 0.29) is 0 Å². The van der Waals surface area contributed by atoms with Crippen molar-refractivity contribution in [1.29, 1.82) is 0 Å². The fourth-order valence-electron chi connectivity index (χ4n) is 2.10. The SMILES string of the molecule is COCC(Nc1ccc(OC)cc1C)C1CC1. The highest BCUT2D eigenvalue weighted by atomic mass is 16.5. The molecule has 1 aliphatic rings. The molecule has 0 heterocycles. The summed E-state index contributed by atoms with van der Waals surface area (Å²) in [5.74, 6) is 1.68. The molecular weight excluding hydrogens is 214 g/mol. The molecule has 0 saturated heterocycles. The summed E-state index contributed by atoms with van der Waals surface area (Å²) in [6, 6.07) is 6.57.